The Morgan fingerprint density at radius 3 is 2.75 bits per heavy atom. The van der Waals surface area contributed by atoms with Crippen molar-refractivity contribution in [3.05, 3.63) is 0 Å². The van der Waals surface area contributed by atoms with Crippen molar-refractivity contribution in [2.24, 2.45) is 0 Å². The summed E-state index contributed by atoms with van der Waals surface area (Å²) in [6, 6.07) is 0.425. The van der Waals surface area contributed by atoms with Crippen LogP contribution in [0.1, 0.15) is 46.0 Å². The quantitative estimate of drug-likeness (QED) is 0.692. The van der Waals surface area contributed by atoms with Gasteiger partial charge in [-0.05, 0) is 39.2 Å². The second kappa shape index (κ2) is 4.22. The van der Waals surface area contributed by atoms with E-state index in [1.54, 1.807) is 6.92 Å². The van der Waals surface area contributed by atoms with Gasteiger partial charge in [0, 0.05) is 6.04 Å². The van der Waals surface area contributed by atoms with Crippen LogP contribution in [-0.2, 0) is 0 Å². The highest BCUT2D eigenvalue weighted by molar-refractivity contribution is 4.81. The summed E-state index contributed by atoms with van der Waals surface area (Å²) in [4.78, 5) is 0. The molecule has 72 valence electrons. The Morgan fingerprint density at radius 2 is 2.25 bits per heavy atom. The van der Waals surface area contributed by atoms with Gasteiger partial charge in [0.25, 0.3) is 0 Å². The summed E-state index contributed by atoms with van der Waals surface area (Å²) < 4.78 is 13.6. The van der Waals surface area contributed by atoms with E-state index < -0.39 is 5.67 Å². The third-order valence-electron chi connectivity index (χ3n) is 2.82. The zero-order valence-electron chi connectivity index (χ0n) is 8.20. The fourth-order valence-electron chi connectivity index (χ4n) is 1.76. The summed E-state index contributed by atoms with van der Waals surface area (Å²) in [5.74, 6) is 0. The van der Waals surface area contributed by atoms with Gasteiger partial charge < -0.3 is 5.32 Å². The van der Waals surface area contributed by atoms with Gasteiger partial charge in [0.2, 0.25) is 0 Å². The van der Waals surface area contributed by atoms with Crippen molar-refractivity contribution in [3.63, 3.8) is 0 Å². The SMILES string of the molecule is CCC(C)(F)CC1CCCCN1. The molecule has 1 N–H and O–H groups in total. The molecule has 1 saturated heterocycles. The Morgan fingerprint density at radius 1 is 1.50 bits per heavy atom. The summed E-state index contributed by atoms with van der Waals surface area (Å²) in [7, 11) is 0. The van der Waals surface area contributed by atoms with Crippen molar-refractivity contribution in [2.45, 2.75) is 57.7 Å². The van der Waals surface area contributed by atoms with E-state index in [0.717, 1.165) is 13.0 Å². The lowest BCUT2D eigenvalue weighted by Gasteiger charge is -2.29. The summed E-state index contributed by atoms with van der Waals surface area (Å²) in [5, 5.41) is 3.37. The number of hydrogen-bond donors (Lipinski definition) is 1. The van der Waals surface area contributed by atoms with E-state index in [4.69, 9.17) is 0 Å². The summed E-state index contributed by atoms with van der Waals surface area (Å²) >= 11 is 0. The number of rotatable bonds is 3. The zero-order valence-corrected chi connectivity index (χ0v) is 8.20. The van der Waals surface area contributed by atoms with Gasteiger partial charge in [-0.25, -0.2) is 4.39 Å². The predicted octanol–water partition coefficient (Wildman–Crippen LogP) is 2.66. The predicted molar refractivity (Wildman–Crippen MR) is 50.1 cm³/mol. The Balaban J connectivity index is 2.28. The molecule has 2 atom stereocenters. The van der Waals surface area contributed by atoms with Gasteiger partial charge in [-0.1, -0.05) is 13.3 Å². The van der Waals surface area contributed by atoms with Crippen LogP contribution in [0.15, 0.2) is 0 Å². The molecular weight excluding hydrogens is 153 g/mol. The van der Waals surface area contributed by atoms with Crippen LogP contribution in [0.2, 0.25) is 0 Å². The van der Waals surface area contributed by atoms with E-state index in [2.05, 4.69) is 5.32 Å². The Kier molecular flexibility index (Phi) is 3.51. The second-order valence-electron chi connectivity index (χ2n) is 4.12. The number of piperidine rings is 1. The van der Waals surface area contributed by atoms with Gasteiger partial charge in [0.1, 0.15) is 5.67 Å². The zero-order chi connectivity index (χ0) is 9.03. The highest BCUT2D eigenvalue weighted by Crippen LogP contribution is 2.24. The molecule has 0 aromatic carbocycles. The van der Waals surface area contributed by atoms with Crippen molar-refractivity contribution >= 4 is 0 Å². The molecule has 1 aliphatic rings. The van der Waals surface area contributed by atoms with Crippen molar-refractivity contribution in [1.29, 1.82) is 0 Å². The first-order chi connectivity index (χ1) is 5.64. The highest BCUT2D eigenvalue weighted by Gasteiger charge is 2.26. The van der Waals surface area contributed by atoms with Gasteiger partial charge in [-0.3, -0.25) is 0 Å². The fourth-order valence-corrected chi connectivity index (χ4v) is 1.76. The summed E-state index contributed by atoms with van der Waals surface area (Å²) in [6.07, 6.45) is 4.98. The Hall–Kier alpha value is -0.110. The molecule has 1 aliphatic heterocycles. The van der Waals surface area contributed by atoms with Crippen molar-refractivity contribution in [1.82, 2.24) is 5.32 Å². The number of nitrogens with one attached hydrogen (secondary N) is 1. The van der Waals surface area contributed by atoms with Crippen LogP contribution >= 0.6 is 0 Å². The van der Waals surface area contributed by atoms with E-state index in [0.29, 0.717) is 18.9 Å². The second-order valence-corrected chi connectivity index (χ2v) is 4.12. The minimum absolute atomic E-state index is 0.425. The third-order valence-corrected chi connectivity index (χ3v) is 2.82. The van der Waals surface area contributed by atoms with Gasteiger partial charge in [-0.2, -0.15) is 0 Å². The maximum atomic E-state index is 13.6. The number of alkyl halides is 1. The largest absolute Gasteiger partial charge is 0.314 e. The number of halogens is 1. The average molecular weight is 173 g/mol. The van der Waals surface area contributed by atoms with Gasteiger partial charge in [0.05, 0.1) is 0 Å². The molecule has 0 bridgehead atoms. The van der Waals surface area contributed by atoms with Crippen LogP contribution in [0.3, 0.4) is 0 Å². The molecule has 2 heteroatoms. The van der Waals surface area contributed by atoms with E-state index in [9.17, 15) is 4.39 Å². The summed E-state index contributed by atoms with van der Waals surface area (Å²) in [5.41, 5.74) is -0.963. The first-order valence-electron chi connectivity index (χ1n) is 5.06. The maximum absolute atomic E-state index is 13.6. The monoisotopic (exact) mass is 173 g/mol. The van der Waals surface area contributed by atoms with Crippen LogP contribution < -0.4 is 5.32 Å². The number of hydrogen-bond acceptors (Lipinski definition) is 1. The Labute approximate surface area is 74.7 Å². The van der Waals surface area contributed by atoms with Crippen LogP contribution in [0.25, 0.3) is 0 Å². The molecule has 1 heterocycles. The minimum atomic E-state index is -0.963. The van der Waals surface area contributed by atoms with Gasteiger partial charge in [-0.15, -0.1) is 0 Å². The van der Waals surface area contributed by atoms with Gasteiger partial charge >= 0.3 is 0 Å². The topological polar surface area (TPSA) is 12.0 Å². The molecule has 0 aliphatic carbocycles. The third kappa shape index (κ3) is 3.10. The van der Waals surface area contributed by atoms with Crippen molar-refractivity contribution in [3.8, 4) is 0 Å². The van der Waals surface area contributed by atoms with E-state index in [-0.39, 0.29) is 0 Å². The highest BCUT2D eigenvalue weighted by atomic mass is 19.1. The molecule has 0 radical (unpaired) electrons. The average Bonchev–Trinajstić information content (AvgIpc) is 2.06. The van der Waals surface area contributed by atoms with Crippen molar-refractivity contribution in [2.75, 3.05) is 6.54 Å². The van der Waals surface area contributed by atoms with Crippen LogP contribution in [0.4, 0.5) is 4.39 Å². The molecule has 1 nitrogen and oxygen atoms in total. The first kappa shape index (κ1) is 9.97. The molecule has 0 aromatic rings. The van der Waals surface area contributed by atoms with E-state index in [1.165, 1.54) is 12.8 Å². The lowest BCUT2D eigenvalue weighted by Crippen LogP contribution is -2.38. The van der Waals surface area contributed by atoms with Gasteiger partial charge in [0.15, 0.2) is 0 Å². The lowest BCUT2D eigenvalue weighted by molar-refractivity contribution is 0.141. The van der Waals surface area contributed by atoms with Crippen LogP contribution in [-0.4, -0.2) is 18.3 Å². The van der Waals surface area contributed by atoms with E-state index >= 15 is 0 Å². The molecular formula is C10H20FN. The fraction of sp³-hybridized carbons (Fsp3) is 1.00. The smallest absolute Gasteiger partial charge is 0.109 e. The Bertz CT molecular complexity index is 128. The molecule has 12 heavy (non-hydrogen) atoms. The molecule has 0 saturated carbocycles. The molecule has 0 spiro atoms. The lowest BCUT2D eigenvalue weighted by atomic mass is 9.91. The van der Waals surface area contributed by atoms with Crippen LogP contribution in [0, 0.1) is 0 Å². The summed E-state index contributed by atoms with van der Waals surface area (Å²) in [6.45, 7) is 4.70. The maximum Gasteiger partial charge on any atom is 0.109 e. The standard InChI is InChI=1S/C10H20FN/c1-3-10(2,11)8-9-6-4-5-7-12-9/h9,12H,3-8H2,1-2H3. The molecule has 0 amide bonds. The molecule has 1 rings (SSSR count). The first-order valence-corrected chi connectivity index (χ1v) is 5.06. The van der Waals surface area contributed by atoms with E-state index in [1.807, 2.05) is 6.92 Å². The molecule has 2 unspecified atom stereocenters. The van der Waals surface area contributed by atoms with Crippen molar-refractivity contribution < 1.29 is 4.39 Å². The molecule has 0 aromatic heterocycles. The molecule has 1 fully saturated rings. The minimum Gasteiger partial charge on any atom is -0.314 e. The van der Waals surface area contributed by atoms with Crippen LogP contribution in [0.5, 0.6) is 0 Å². The normalized spacial score (nSPS) is 29.8.